The Hall–Kier alpha value is -2.88. The van der Waals surface area contributed by atoms with Crippen molar-refractivity contribution >= 4 is 23.2 Å². The van der Waals surface area contributed by atoms with Crippen LogP contribution in [0.3, 0.4) is 0 Å². The maximum absolute atomic E-state index is 13.5. The lowest BCUT2D eigenvalue weighted by Gasteiger charge is -2.29. The van der Waals surface area contributed by atoms with Crippen LogP contribution in [-0.4, -0.2) is 39.2 Å². The van der Waals surface area contributed by atoms with Gasteiger partial charge in [-0.15, -0.1) is 0 Å². The van der Waals surface area contributed by atoms with Crippen LogP contribution in [0.2, 0.25) is 0 Å². The molecule has 2 amide bonds. The minimum Gasteiger partial charge on any atom is -0.374 e. The molecule has 3 rings (SSSR count). The lowest BCUT2D eigenvalue weighted by Crippen LogP contribution is -2.46. The highest BCUT2D eigenvalue weighted by molar-refractivity contribution is 5.96. The number of benzene rings is 1. The van der Waals surface area contributed by atoms with Gasteiger partial charge < -0.3 is 19.9 Å². The lowest BCUT2D eigenvalue weighted by atomic mass is 9.97. The predicted octanol–water partition coefficient (Wildman–Crippen LogP) is 2.33. The molecule has 0 saturated carbocycles. The second-order valence-corrected chi connectivity index (χ2v) is 6.64. The van der Waals surface area contributed by atoms with Crippen LogP contribution in [0.4, 0.5) is 24.5 Å². The molecule has 1 saturated heterocycles. The number of rotatable bonds is 5. The van der Waals surface area contributed by atoms with Crippen LogP contribution in [0, 0.1) is 0 Å². The molecule has 1 aliphatic rings. The third-order valence-corrected chi connectivity index (χ3v) is 4.61. The number of aromatic nitrogens is 2. The number of halogens is 3. The first-order chi connectivity index (χ1) is 13.1. The number of carbonyl (C=O) groups is 2. The van der Waals surface area contributed by atoms with E-state index in [4.69, 9.17) is 0 Å². The Bertz CT molecular complexity index is 879. The van der Waals surface area contributed by atoms with Crippen molar-refractivity contribution in [3.63, 3.8) is 0 Å². The topological polar surface area (TPSA) is 87.5 Å². The van der Waals surface area contributed by atoms with Gasteiger partial charge in [0, 0.05) is 43.8 Å². The van der Waals surface area contributed by atoms with Crippen molar-refractivity contribution in [2.24, 2.45) is 7.05 Å². The van der Waals surface area contributed by atoms with Gasteiger partial charge in [0.2, 0.25) is 17.4 Å². The zero-order valence-corrected chi connectivity index (χ0v) is 15.0. The van der Waals surface area contributed by atoms with Gasteiger partial charge in [-0.2, -0.15) is 13.2 Å². The van der Waals surface area contributed by atoms with Crippen LogP contribution in [0.5, 0.6) is 0 Å². The molecule has 1 aromatic carbocycles. The molecular formula is C18H19F3N4O3. The summed E-state index contributed by atoms with van der Waals surface area (Å²) < 4.78 is 41.5. The summed E-state index contributed by atoms with van der Waals surface area (Å²) in [4.78, 5) is 29.1. The maximum atomic E-state index is 13.5. The normalized spacial score (nSPS) is 16.9. The zero-order valence-electron chi connectivity index (χ0n) is 15.0. The number of hydrogen-bond donors (Lipinski definition) is 2. The van der Waals surface area contributed by atoms with Crippen molar-refractivity contribution in [1.82, 2.24) is 9.55 Å². The van der Waals surface area contributed by atoms with Gasteiger partial charge in [-0.25, -0.2) is 4.98 Å². The van der Waals surface area contributed by atoms with E-state index in [-0.39, 0.29) is 11.6 Å². The molecule has 0 bridgehead atoms. The fourth-order valence-electron chi connectivity index (χ4n) is 3.15. The fraction of sp³-hybridized carbons (Fsp3) is 0.389. The molecular weight excluding hydrogens is 377 g/mol. The van der Waals surface area contributed by atoms with Crippen LogP contribution < -0.4 is 10.2 Å². The minimum atomic E-state index is -5.09. The minimum absolute atomic E-state index is 0.00194. The standard InChI is InChI=1S/C18H19F3N4O3/c1-24-10-8-22-16(24)17(28,18(19,20)21)11-14(26)23-12-4-6-13(7-5-12)25-9-2-3-15(25)27/h4-8,10,28H,2-3,9,11H2,1H3,(H,23,26)/t17-/m0/s1. The number of hydrogen-bond acceptors (Lipinski definition) is 4. The van der Waals surface area contributed by atoms with Gasteiger partial charge in [-0.1, -0.05) is 0 Å². The first-order valence-corrected chi connectivity index (χ1v) is 8.59. The summed E-state index contributed by atoms with van der Waals surface area (Å²) in [6.07, 6.45) is -2.73. The van der Waals surface area contributed by atoms with E-state index in [0.29, 0.717) is 18.7 Å². The number of anilines is 2. The summed E-state index contributed by atoms with van der Waals surface area (Å²) in [6, 6.07) is 6.19. The van der Waals surface area contributed by atoms with Gasteiger partial charge in [0.15, 0.2) is 5.82 Å². The van der Waals surface area contributed by atoms with Crippen molar-refractivity contribution in [1.29, 1.82) is 0 Å². The second-order valence-electron chi connectivity index (χ2n) is 6.64. The summed E-state index contributed by atoms with van der Waals surface area (Å²) >= 11 is 0. The molecule has 2 heterocycles. The number of aliphatic hydroxyl groups is 1. The number of nitrogens with one attached hydrogen (secondary N) is 1. The third-order valence-electron chi connectivity index (χ3n) is 4.61. The van der Waals surface area contributed by atoms with E-state index in [9.17, 15) is 27.9 Å². The summed E-state index contributed by atoms with van der Waals surface area (Å²) in [5, 5.41) is 12.6. The van der Waals surface area contributed by atoms with E-state index < -0.39 is 29.9 Å². The van der Waals surface area contributed by atoms with Crippen molar-refractivity contribution in [2.75, 3.05) is 16.8 Å². The maximum Gasteiger partial charge on any atom is 0.425 e. The van der Waals surface area contributed by atoms with Gasteiger partial charge in [0.1, 0.15) is 0 Å². The molecule has 7 nitrogen and oxygen atoms in total. The van der Waals surface area contributed by atoms with Crippen molar-refractivity contribution in [3.8, 4) is 0 Å². The summed E-state index contributed by atoms with van der Waals surface area (Å²) in [7, 11) is 1.30. The Balaban J connectivity index is 1.73. The van der Waals surface area contributed by atoms with Gasteiger partial charge >= 0.3 is 6.18 Å². The summed E-state index contributed by atoms with van der Waals surface area (Å²) in [5.74, 6) is -1.69. The molecule has 1 aliphatic heterocycles. The van der Waals surface area contributed by atoms with E-state index in [0.717, 1.165) is 17.2 Å². The monoisotopic (exact) mass is 396 g/mol. The van der Waals surface area contributed by atoms with E-state index in [1.165, 1.54) is 25.4 Å². The summed E-state index contributed by atoms with van der Waals surface area (Å²) in [5.41, 5.74) is -2.51. The highest BCUT2D eigenvalue weighted by Gasteiger charge is 2.58. The average Bonchev–Trinajstić information content (AvgIpc) is 3.23. The number of amides is 2. The van der Waals surface area contributed by atoms with E-state index in [2.05, 4.69) is 10.3 Å². The molecule has 10 heteroatoms. The molecule has 0 spiro atoms. The molecule has 0 aliphatic carbocycles. The quantitative estimate of drug-likeness (QED) is 0.812. The van der Waals surface area contributed by atoms with Gasteiger partial charge in [-0.3, -0.25) is 9.59 Å². The number of alkyl halides is 3. The second kappa shape index (κ2) is 7.27. The van der Waals surface area contributed by atoms with Crippen molar-refractivity contribution in [3.05, 3.63) is 42.5 Å². The van der Waals surface area contributed by atoms with Gasteiger partial charge in [-0.05, 0) is 30.7 Å². The van der Waals surface area contributed by atoms with Crippen molar-refractivity contribution in [2.45, 2.75) is 31.0 Å². The highest BCUT2D eigenvalue weighted by atomic mass is 19.4. The number of nitrogens with zero attached hydrogens (tertiary/aromatic N) is 3. The third kappa shape index (κ3) is 3.72. The molecule has 0 unspecified atom stereocenters. The van der Waals surface area contributed by atoms with E-state index in [1.54, 1.807) is 17.0 Å². The van der Waals surface area contributed by atoms with Crippen LogP contribution in [0.15, 0.2) is 36.7 Å². The van der Waals surface area contributed by atoms with Gasteiger partial charge in [0.05, 0.1) is 6.42 Å². The molecule has 2 N–H and O–H groups in total. The molecule has 28 heavy (non-hydrogen) atoms. The first-order valence-electron chi connectivity index (χ1n) is 8.59. The number of imidazole rings is 1. The molecule has 0 radical (unpaired) electrons. The molecule has 1 fully saturated rings. The van der Waals surface area contributed by atoms with E-state index in [1.807, 2.05) is 0 Å². The molecule has 150 valence electrons. The Morgan fingerprint density at radius 3 is 2.46 bits per heavy atom. The Morgan fingerprint density at radius 2 is 1.96 bits per heavy atom. The zero-order chi connectivity index (χ0) is 20.5. The smallest absolute Gasteiger partial charge is 0.374 e. The lowest BCUT2D eigenvalue weighted by molar-refractivity contribution is -0.270. The van der Waals surface area contributed by atoms with Crippen LogP contribution >= 0.6 is 0 Å². The molecule has 1 aromatic heterocycles. The summed E-state index contributed by atoms with van der Waals surface area (Å²) in [6.45, 7) is 0.604. The number of aryl methyl sites for hydroxylation is 1. The highest BCUT2D eigenvalue weighted by Crippen LogP contribution is 2.41. The Labute approximate surface area is 158 Å². The largest absolute Gasteiger partial charge is 0.425 e. The Morgan fingerprint density at radius 1 is 1.29 bits per heavy atom. The fourth-order valence-corrected chi connectivity index (χ4v) is 3.15. The molecule has 1 atom stereocenters. The first kappa shape index (κ1) is 19.9. The van der Waals surface area contributed by atoms with Crippen LogP contribution in [-0.2, 0) is 22.2 Å². The van der Waals surface area contributed by atoms with Crippen molar-refractivity contribution < 1.29 is 27.9 Å². The van der Waals surface area contributed by atoms with Crippen LogP contribution in [0.25, 0.3) is 0 Å². The van der Waals surface area contributed by atoms with Crippen LogP contribution in [0.1, 0.15) is 25.1 Å². The van der Waals surface area contributed by atoms with Gasteiger partial charge in [0.25, 0.3) is 0 Å². The SMILES string of the molecule is Cn1ccnc1[C@@](O)(CC(=O)Nc1ccc(N2CCCC2=O)cc1)C(F)(F)F. The van der Waals surface area contributed by atoms with E-state index >= 15 is 0 Å². The average molecular weight is 396 g/mol. The Kier molecular flexibility index (Phi) is 5.16. The molecule has 2 aromatic rings. The number of carbonyl (C=O) groups excluding carboxylic acids is 2. The predicted molar refractivity (Wildman–Crippen MR) is 94.4 cm³/mol.